The van der Waals surface area contributed by atoms with Crippen molar-refractivity contribution in [2.24, 2.45) is 0 Å². The summed E-state index contributed by atoms with van der Waals surface area (Å²) in [6, 6.07) is -0.624. The number of carboxylic acids is 1. The number of nitrogens with one attached hydrogen (secondary N) is 1. The summed E-state index contributed by atoms with van der Waals surface area (Å²) in [4.78, 5) is 50.9. The molecule has 0 aromatic heterocycles. The van der Waals surface area contributed by atoms with Crippen LogP contribution in [-0.4, -0.2) is 45.4 Å². The van der Waals surface area contributed by atoms with E-state index < -0.39 is 40.3 Å². The molecule has 1 amide bonds. The molecule has 0 heterocycles. The Labute approximate surface area is 117 Å². The molecular formula is C9H13N3O9. The molecule has 21 heavy (non-hydrogen) atoms. The van der Waals surface area contributed by atoms with Gasteiger partial charge in [-0.05, 0) is 12.8 Å². The number of amides is 1. The van der Waals surface area contributed by atoms with Crippen molar-refractivity contribution in [3.8, 4) is 0 Å². The minimum Gasteiger partial charge on any atom is -0.481 e. The van der Waals surface area contributed by atoms with Crippen LogP contribution in [-0.2, 0) is 19.3 Å². The minimum atomic E-state index is -1.17. The monoisotopic (exact) mass is 307 g/mol. The maximum atomic E-state index is 11.4. The van der Waals surface area contributed by atoms with Crippen LogP contribution in [0.4, 0.5) is 0 Å². The molecule has 2 N–H and O–H groups in total. The molecule has 0 spiro atoms. The van der Waals surface area contributed by atoms with Crippen molar-refractivity contribution in [2.75, 3.05) is 0 Å². The van der Waals surface area contributed by atoms with Gasteiger partial charge < -0.3 is 20.1 Å². The second-order valence-electron chi connectivity index (χ2n) is 4.36. The summed E-state index contributed by atoms with van der Waals surface area (Å²) in [7, 11) is 0. The first-order chi connectivity index (χ1) is 9.77. The number of carboxylic acid groups (broad SMARTS) is 1. The Morgan fingerprint density at radius 1 is 1.10 bits per heavy atom. The maximum Gasteiger partial charge on any atom is 0.303 e. The van der Waals surface area contributed by atoms with E-state index in [9.17, 15) is 29.8 Å². The Morgan fingerprint density at radius 3 is 1.95 bits per heavy atom. The third-order valence-corrected chi connectivity index (χ3v) is 2.82. The topological polar surface area (TPSA) is 171 Å². The Kier molecular flexibility index (Phi) is 5.63. The van der Waals surface area contributed by atoms with E-state index in [1.807, 2.05) is 0 Å². The lowest BCUT2D eigenvalue weighted by Crippen LogP contribution is -2.33. The Morgan fingerprint density at radius 2 is 1.57 bits per heavy atom. The zero-order chi connectivity index (χ0) is 16.0. The van der Waals surface area contributed by atoms with Crippen LogP contribution >= 0.6 is 0 Å². The molecule has 0 aromatic carbocycles. The van der Waals surface area contributed by atoms with Crippen LogP contribution < -0.4 is 5.32 Å². The SMILES string of the molecule is O=C(O)CCC(=O)NC1C[C@H](O[N+](=O)[O-])[C@H](O[N+](=O)[O-])C1. The van der Waals surface area contributed by atoms with Crippen molar-refractivity contribution >= 4 is 11.9 Å². The van der Waals surface area contributed by atoms with Crippen molar-refractivity contribution < 1.29 is 34.5 Å². The van der Waals surface area contributed by atoms with E-state index in [-0.39, 0.29) is 25.7 Å². The second kappa shape index (κ2) is 7.21. The summed E-state index contributed by atoms with van der Waals surface area (Å²) in [6.45, 7) is 0. The second-order valence-corrected chi connectivity index (χ2v) is 4.36. The molecular weight excluding hydrogens is 294 g/mol. The van der Waals surface area contributed by atoms with Crippen molar-refractivity contribution in [2.45, 2.75) is 43.9 Å². The number of carbonyl (C=O) groups excluding carboxylic acids is 1. The third-order valence-electron chi connectivity index (χ3n) is 2.82. The fourth-order valence-corrected chi connectivity index (χ4v) is 2.04. The van der Waals surface area contributed by atoms with Crippen LogP contribution in [0.5, 0.6) is 0 Å². The van der Waals surface area contributed by atoms with E-state index in [4.69, 9.17) is 5.11 Å². The number of aliphatic carboxylic acids is 1. The molecule has 12 nitrogen and oxygen atoms in total. The van der Waals surface area contributed by atoms with Gasteiger partial charge in [-0.3, -0.25) is 9.59 Å². The summed E-state index contributed by atoms with van der Waals surface area (Å²) >= 11 is 0. The summed E-state index contributed by atoms with van der Waals surface area (Å²) in [5, 5.41) is 29.3. The van der Waals surface area contributed by atoms with Crippen LogP contribution in [0.1, 0.15) is 25.7 Å². The standard InChI is InChI=1S/C9H13N3O9/c13-8(1-2-9(14)15)10-5-3-6(20-11(16)17)7(4-5)21-12(18)19/h5-7H,1-4H2,(H,10,13)(H,14,15)/t5?,6-,7+. The van der Waals surface area contributed by atoms with Crippen LogP contribution in [0.2, 0.25) is 0 Å². The largest absolute Gasteiger partial charge is 0.481 e. The highest BCUT2D eigenvalue weighted by Gasteiger charge is 2.40. The van der Waals surface area contributed by atoms with Crippen LogP contribution in [0.25, 0.3) is 0 Å². The molecule has 0 aliphatic heterocycles. The normalized spacial score (nSPS) is 24.1. The van der Waals surface area contributed by atoms with Gasteiger partial charge in [0.25, 0.3) is 10.2 Å². The fraction of sp³-hybridized carbons (Fsp3) is 0.778. The molecule has 0 radical (unpaired) electrons. The predicted octanol–water partition coefficient (Wildman–Crippen LogP) is -0.716. The number of rotatable bonds is 8. The van der Waals surface area contributed by atoms with E-state index in [0.29, 0.717) is 0 Å². The number of carbonyl (C=O) groups is 2. The Hall–Kier alpha value is -2.66. The van der Waals surface area contributed by atoms with E-state index in [1.165, 1.54) is 0 Å². The van der Waals surface area contributed by atoms with Gasteiger partial charge in [-0.15, -0.1) is 20.2 Å². The average molecular weight is 307 g/mol. The predicted molar refractivity (Wildman–Crippen MR) is 61.8 cm³/mol. The fourth-order valence-electron chi connectivity index (χ4n) is 2.04. The molecule has 118 valence electrons. The molecule has 1 rings (SSSR count). The summed E-state index contributed by atoms with van der Waals surface area (Å²) < 4.78 is 0. The number of hydrogen-bond donors (Lipinski definition) is 2. The van der Waals surface area contributed by atoms with Gasteiger partial charge in [0.2, 0.25) is 5.91 Å². The van der Waals surface area contributed by atoms with Crippen molar-refractivity contribution in [3.63, 3.8) is 0 Å². The lowest BCUT2D eigenvalue weighted by Gasteiger charge is -2.14. The first-order valence-electron chi connectivity index (χ1n) is 5.91. The van der Waals surface area contributed by atoms with E-state index in [0.717, 1.165) is 0 Å². The van der Waals surface area contributed by atoms with Crippen LogP contribution in [0.3, 0.4) is 0 Å². The first kappa shape index (κ1) is 16.4. The molecule has 1 fully saturated rings. The van der Waals surface area contributed by atoms with Gasteiger partial charge in [0.15, 0.2) is 0 Å². The van der Waals surface area contributed by atoms with Gasteiger partial charge in [0.05, 0.1) is 6.42 Å². The quantitative estimate of drug-likeness (QED) is 0.433. The highest BCUT2D eigenvalue weighted by Crippen LogP contribution is 2.26. The van der Waals surface area contributed by atoms with Crippen molar-refractivity contribution in [3.05, 3.63) is 20.2 Å². The van der Waals surface area contributed by atoms with Gasteiger partial charge in [-0.1, -0.05) is 0 Å². The Bertz CT molecular complexity index is 416. The number of hydrogen-bond acceptors (Lipinski definition) is 8. The summed E-state index contributed by atoms with van der Waals surface area (Å²) in [6.07, 6.45) is -3.04. The lowest BCUT2D eigenvalue weighted by molar-refractivity contribution is -0.797. The highest BCUT2D eigenvalue weighted by atomic mass is 17.0. The molecule has 0 aromatic rings. The molecule has 1 aliphatic rings. The van der Waals surface area contributed by atoms with Gasteiger partial charge in [-0.2, -0.15) is 0 Å². The molecule has 1 aliphatic carbocycles. The highest BCUT2D eigenvalue weighted by molar-refractivity contribution is 5.80. The van der Waals surface area contributed by atoms with Crippen LogP contribution in [0.15, 0.2) is 0 Å². The van der Waals surface area contributed by atoms with Gasteiger partial charge in [0, 0.05) is 12.5 Å². The Balaban J connectivity index is 2.53. The zero-order valence-electron chi connectivity index (χ0n) is 10.7. The van der Waals surface area contributed by atoms with Crippen molar-refractivity contribution in [1.29, 1.82) is 0 Å². The van der Waals surface area contributed by atoms with Gasteiger partial charge in [0.1, 0.15) is 12.2 Å². The lowest BCUT2D eigenvalue weighted by atomic mass is 10.2. The molecule has 1 unspecified atom stereocenters. The van der Waals surface area contributed by atoms with Crippen LogP contribution in [0, 0.1) is 20.2 Å². The van der Waals surface area contributed by atoms with E-state index >= 15 is 0 Å². The molecule has 12 heteroatoms. The van der Waals surface area contributed by atoms with Gasteiger partial charge >= 0.3 is 5.97 Å². The molecule has 3 atom stereocenters. The summed E-state index contributed by atoms with van der Waals surface area (Å²) in [5.41, 5.74) is 0. The third kappa shape index (κ3) is 5.88. The van der Waals surface area contributed by atoms with E-state index in [2.05, 4.69) is 15.0 Å². The molecule has 1 saturated carbocycles. The van der Waals surface area contributed by atoms with E-state index in [1.54, 1.807) is 0 Å². The van der Waals surface area contributed by atoms with Crippen molar-refractivity contribution in [1.82, 2.24) is 5.32 Å². The zero-order valence-corrected chi connectivity index (χ0v) is 10.7. The smallest absolute Gasteiger partial charge is 0.303 e. The average Bonchev–Trinajstić information content (AvgIpc) is 2.66. The number of nitrogens with zero attached hydrogens (tertiary/aromatic N) is 2. The minimum absolute atomic E-state index is 0.0434. The van der Waals surface area contributed by atoms with Gasteiger partial charge in [-0.25, -0.2) is 0 Å². The molecule has 0 saturated heterocycles. The maximum absolute atomic E-state index is 11.4. The summed E-state index contributed by atoms with van der Waals surface area (Å²) in [5.74, 6) is -1.70. The first-order valence-corrected chi connectivity index (χ1v) is 5.91. The molecule has 0 bridgehead atoms.